The molecule has 13 heteroatoms. The molecule has 1 amide bonds. The van der Waals surface area contributed by atoms with Crippen LogP contribution < -0.4 is 10.6 Å². The topological polar surface area (TPSA) is 168 Å². The molecule has 0 spiro atoms. The number of primary amides is 1. The lowest BCUT2D eigenvalue weighted by atomic mass is 9.57. The van der Waals surface area contributed by atoms with Gasteiger partial charge in [-0.05, 0) is 56.6 Å². The number of aliphatic hydroxyl groups is 3. The maximum Gasteiger partial charge on any atom is 0.255 e. The summed E-state index contributed by atoms with van der Waals surface area (Å²) in [5.41, 5.74) is 3.03. The SMILES string of the molecule is CCN(Cc1cc(O)c2c(c1N(C)C)C[C@H]1C[C@H]3[C@H](N(C)C)C(=O)C(C(N)=O)=C(O)[C@@]3(O)C(=O)C1=C2O)CC(F)F. The summed E-state index contributed by atoms with van der Waals surface area (Å²) in [5.74, 6) is -7.31. The van der Waals surface area contributed by atoms with Gasteiger partial charge in [-0.2, -0.15) is 0 Å². The molecule has 0 aromatic heterocycles. The second-order valence-corrected chi connectivity index (χ2v) is 11.3. The molecule has 4 atom stereocenters. The van der Waals surface area contributed by atoms with Crippen LogP contribution in [0, 0.1) is 11.8 Å². The number of aliphatic hydroxyl groups excluding tert-OH is 2. The number of likely N-dealkylation sites (N-methyl/N-ethyl adjacent to an activating group) is 1. The summed E-state index contributed by atoms with van der Waals surface area (Å²) < 4.78 is 26.3. The van der Waals surface area contributed by atoms with Crippen LogP contribution in [-0.4, -0.2) is 107 Å². The fraction of sp³-hybridized carbons (Fsp3) is 0.536. The van der Waals surface area contributed by atoms with E-state index in [2.05, 4.69) is 0 Å². The van der Waals surface area contributed by atoms with Crippen LogP contribution in [0.4, 0.5) is 14.5 Å². The van der Waals surface area contributed by atoms with Gasteiger partial charge in [-0.3, -0.25) is 24.2 Å². The van der Waals surface area contributed by atoms with Crippen molar-refractivity contribution in [2.75, 3.05) is 46.2 Å². The third kappa shape index (κ3) is 4.65. The first-order valence-electron chi connectivity index (χ1n) is 13.3. The highest BCUT2D eigenvalue weighted by atomic mass is 19.3. The monoisotopic (exact) mass is 578 g/mol. The van der Waals surface area contributed by atoms with Gasteiger partial charge in [-0.15, -0.1) is 0 Å². The first kappa shape index (κ1) is 30.4. The Labute approximate surface area is 236 Å². The minimum absolute atomic E-state index is 0.0455. The highest BCUT2D eigenvalue weighted by molar-refractivity contribution is 6.24. The van der Waals surface area contributed by atoms with E-state index < -0.39 is 71.0 Å². The predicted molar refractivity (Wildman–Crippen MR) is 146 cm³/mol. The number of aromatic hydroxyl groups is 1. The number of phenols is 1. The van der Waals surface area contributed by atoms with Crippen molar-refractivity contribution in [1.82, 2.24) is 9.80 Å². The second-order valence-electron chi connectivity index (χ2n) is 11.3. The van der Waals surface area contributed by atoms with Crippen molar-refractivity contribution in [3.05, 3.63) is 39.7 Å². The molecule has 0 heterocycles. The Morgan fingerprint density at radius 3 is 2.32 bits per heavy atom. The fourth-order valence-electron chi connectivity index (χ4n) is 6.79. The number of phenolic OH excluding ortho intramolecular Hbond substituents is 1. The first-order chi connectivity index (χ1) is 19.1. The first-order valence-corrected chi connectivity index (χ1v) is 13.3. The van der Waals surface area contributed by atoms with Crippen LogP contribution >= 0.6 is 0 Å². The summed E-state index contributed by atoms with van der Waals surface area (Å²) in [6, 6.07) is 0.168. The zero-order valence-electron chi connectivity index (χ0n) is 23.6. The third-order valence-corrected chi connectivity index (χ3v) is 8.46. The van der Waals surface area contributed by atoms with Gasteiger partial charge in [-0.1, -0.05) is 6.92 Å². The summed E-state index contributed by atoms with van der Waals surface area (Å²) >= 11 is 0. The van der Waals surface area contributed by atoms with E-state index in [1.807, 2.05) is 0 Å². The van der Waals surface area contributed by atoms with Gasteiger partial charge in [0.1, 0.15) is 22.8 Å². The van der Waals surface area contributed by atoms with E-state index in [-0.39, 0.29) is 36.3 Å². The number of amides is 1. The number of fused-ring (bicyclic) bond motifs is 3. The van der Waals surface area contributed by atoms with Gasteiger partial charge < -0.3 is 31.1 Å². The van der Waals surface area contributed by atoms with Gasteiger partial charge in [0.25, 0.3) is 12.3 Å². The average molecular weight is 579 g/mol. The lowest BCUT2D eigenvalue weighted by Gasteiger charge is -2.50. The Balaban J connectivity index is 1.93. The number of anilines is 1. The number of carbonyl (C=O) groups excluding carboxylic acids is 3. The van der Waals surface area contributed by atoms with Crippen molar-refractivity contribution < 1.29 is 43.6 Å². The maximum absolute atomic E-state index is 14.0. The highest BCUT2D eigenvalue weighted by Gasteiger charge is 2.64. The van der Waals surface area contributed by atoms with E-state index in [4.69, 9.17) is 5.73 Å². The van der Waals surface area contributed by atoms with Crippen molar-refractivity contribution in [1.29, 1.82) is 0 Å². The molecule has 0 aliphatic heterocycles. The average Bonchev–Trinajstić information content (AvgIpc) is 2.84. The molecule has 0 unspecified atom stereocenters. The summed E-state index contributed by atoms with van der Waals surface area (Å²) in [6.07, 6.45) is -2.51. The second kappa shape index (κ2) is 10.7. The maximum atomic E-state index is 14.0. The van der Waals surface area contributed by atoms with Gasteiger partial charge in [0, 0.05) is 37.8 Å². The molecule has 1 saturated carbocycles. The van der Waals surface area contributed by atoms with Crippen LogP contribution in [0.25, 0.3) is 5.76 Å². The molecule has 11 nitrogen and oxygen atoms in total. The zero-order valence-corrected chi connectivity index (χ0v) is 23.6. The summed E-state index contributed by atoms with van der Waals surface area (Å²) in [6.45, 7) is 1.68. The van der Waals surface area contributed by atoms with E-state index >= 15 is 0 Å². The number of rotatable bonds is 8. The van der Waals surface area contributed by atoms with Crippen molar-refractivity contribution in [3.63, 3.8) is 0 Å². The third-order valence-electron chi connectivity index (χ3n) is 8.46. The van der Waals surface area contributed by atoms with Gasteiger partial charge in [-0.25, -0.2) is 8.78 Å². The van der Waals surface area contributed by atoms with Gasteiger partial charge >= 0.3 is 0 Å². The van der Waals surface area contributed by atoms with Crippen molar-refractivity contribution in [3.8, 4) is 5.75 Å². The molecule has 6 N–H and O–H groups in total. The molecular formula is C28H36F2N4O7. The van der Waals surface area contributed by atoms with Crippen LogP contribution in [0.1, 0.15) is 30.0 Å². The zero-order chi connectivity index (χ0) is 30.7. The Kier molecular flexibility index (Phi) is 7.93. The Bertz CT molecular complexity index is 1370. The molecule has 1 aromatic rings. The standard InChI is InChI=1S/C28H36F2N4O7/c1-6-34(11-17(29)30)10-13-9-16(35)19-14(21(13)32(2)3)7-12-8-15-22(33(4)5)24(37)20(27(31)40)26(39)28(15,41)25(38)18(12)23(19)36/h9,12,15,17,22,35-36,39,41H,6-8,10-11H2,1-5H3,(H2,31,40)/t12-,15-,22-,28-/m0/s1. The minimum Gasteiger partial charge on any atom is -0.508 e. The molecule has 4 rings (SSSR count). The number of ketones is 2. The highest BCUT2D eigenvalue weighted by Crippen LogP contribution is 2.54. The molecule has 0 radical (unpaired) electrons. The summed E-state index contributed by atoms with van der Waals surface area (Å²) in [7, 11) is 6.52. The number of alkyl halides is 2. The Morgan fingerprint density at radius 2 is 1.80 bits per heavy atom. The van der Waals surface area contributed by atoms with E-state index in [0.717, 1.165) is 0 Å². The quantitative estimate of drug-likeness (QED) is 0.282. The van der Waals surface area contributed by atoms with Crippen LogP contribution in [0.15, 0.2) is 23.0 Å². The molecule has 1 aromatic carbocycles. The number of carbonyl (C=O) groups is 3. The number of benzene rings is 1. The van der Waals surface area contributed by atoms with Gasteiger partial charge in [0.15, 0.2) is 11.4 Å². The summed E-state index contributed by atoms with van der Waals surface area (Å²) in [4.78, 5) is 44.0. The molecule has 0 saturated heterocycles. The van der Waals surface area contributed by atoms with E-state index in [9.17, 15) is 43.6 Å². The molecule has 3 aliphatic rings. The smallest absolute Gasteiger partial charge is 0.255 e. The Hall–Kier alpha value is -3.55. The van der Waals surface area contributed by atoms with Crippen molar-refractivity contribution in [2.45, 2.75) is 44.4 Å². The fourth-order valence-corrected chi connectivity index (χ4v) is 6.79. The van der Waals surface area contributed by atoms with Gasteiger partial charge in [0.05, 0.1) is 18.2 Å². The van der Waals surface area contributed by atoms with E-state index in [1.54, 1.807) is 25.9 Å². The van der Waals surface area contributed by atoms with Crippen LogP contribution in [0.5, 0.6) is 5.75 Å². The van der Waals surface area contributed by atoms with Crippen molar-refractivity contribution in [2.24, 2.45) is 17.6 Å². The lowest BCUT2D eigenvalue weighted by Crippen LogP contribution is -2.65. The number of nitrogens with two attached hydrogens (primary N) is 1. The van der Waals surface area contributed by atoms with Crippen LogP contribution in [0.2, 0.25) is 0 Å². The molecule has 224 valence electrons. The Morgan fingerprint density at radius 1 is 1.17 bits per heavy atom. The molecular weight excluding hydrogens is 542 g/mol. The summed E-state index contributed by atoms with van der Waals surface area (Å²) in [5, 5.41) is 45.1. The number of halogens is 2. The number of Topliss-reactive ketones (excluding diaryl/α,β-unsaturated/α-hetero) is 2. The van der Waals surface area contributed by atoms with Crippen LogP contribution in [0.3, 0.4) is 0 Å². The molecule has 3 aliphatic carbocycles. The van der Waals surface area contributed by atoms with Crippen LogP contribution in [-0.2, 0) is 27.3 Å². The number of nitrogens with zero attached hydrogens (tertiary/aromatic N) is 3. The van der Waals surface area contributed by atoms with Crippen molar-refractivity contribution >= 4 is 28.9 Å². The van der Waals surface area contributed by atoms with E-state index in [1.165, 1.54) is 30.0 Å². The predicted octanol–water partition coefficient (Wildman–Crippen LogP) is 1.12. The molecule has 41 heavy (non-hydrogen) atoms. The minimum atomic E-state index is -2.72. The number of hydrogen-bond acceptors (Lipinski definition) is 10. The molecule has 1 fully saturated rings. The lowest BCUT2D eigenvalue weighted by molar-refractivity contribution is -0.153. The number of hydrogen-bond donors (Lipinski definition) is 5. The largest absolute Gasteiger partial charge is 0.508 e. The van der Waals surface area contributed by atoms with Gasteiger partial charge in [0.2, 0.25) is 5.78 Å². The molecule has 0 bridgehead atoms. The van der Waals surface area contributed by atoms with E-state index in [0.29, 0.717) is 23.4 Å². The normalized spacial score (nSPS) is 26.1.